The highest BCUT2D eigenvalue weighted by atomic mass is 32.2. The molecule has 0 saturated carbocycles. The Labute approximate surface area is 167 Å². The molecule has 1 amide bonds. The van der Waals surface area contributed by atoms with Crippen molar-refractivity contribution in [2.45, 2.75) is 30.8 Å². The number of carbonyl (C=O) groups is 2. The van der Waals surface area contributed by atoms with Crippen molar-refractivity contribution in [2.24, 2.45) is 0 Å². The number of anilines is 2. The van der Waals surface area contributed by atoms with Crippen LogP contribution in [0.1, 0.15) is 35.8 Å². The summed E-state index contributed by atoms with van der Waals surface area (Å²) in [7, 11) is 0. The van der Waals surface area contributed by atoms with E-state index in [1.807, 2.05) is 30.3 Å². The fourth-order valence-electron chi connectivity index (χ4n) is 2.65. The number of nitrogens with one attached hydrogen (secondary N) is 1. The van der Waals surface area contributed by atoms with Crippen molar-refractivity contribution < 1.29 is 9.59 Å². The molecular formula is C20H21N5O2S. The predicted octanol–water partition coefficient (Wildman–Crippen LogP) is 3.55. The number of benzene rings is 2. The predicted molar refractivity (Wildman–Crippen MR) is 110 cm³/mol. The molecule has 0 aliphatic heterocycles. The van der Waals surface area contributed by atoms with Gasteiger partial charge in [-0.05, 0) is 31.5 Å². The first-order valence-corrected chi connectivity index (χ1v) is 9.73. The Bertz CT molecular complexity index is 987. The summed E-state index contributed by atoms with van der Waals surface area (Å²) in [5.41, 5.74) is 8.18. The molecule has 0 spiro atoms. The van der Waals surface area contributed by atoms with Crippen LogP contribution in [0.15, 0.2) is 59.8 Å². The molecule has 3 N–H and O–H groups in total. The highest BCUT2D eigenvalue weighted by molar-refractivity contribution is 7.98. The Morgan fingerprint density at radius 2 is 1.89 bits per heavy atom. The third-order valence-electron chi connectivity index (χ3n) is 4.21. The minimum absolute atomic E-state index is 0.0631. The number of hydrogen-bond acceptors (Lipinski definition) is 6. The van der Waals surface area contributed by atoms with E-state index < -0.39 is 6.04 Å². The molecule has 2 aromatic carbocycles. The molecular weight excluding hydrogens is 374 g/mol. The number of nitrogen functional groups attached to an aromatic ring is 1. The van der Waals surface area contributed by atoms with Crippen molar-refractivity contribution in [2.75, 3.05) is 11.1 Å². The smallest absolute Gasteiger partial charge is 0.247 e. The highest BCUT2D eigenvalue weighted by Gasteiger charge is 2.22. The fourth-order valence-corrected chi connectivity index (χ4v) is 3.63. The van der Waals surface area contributed by atoms with Gasteiger partial charge in [0, 0.05) is 17.0 Å². The summed E-state index contributed by atoms with van der Waals surface area (Å²) < 4.78 is 1.61. The van der Waals surface area contributed by atoms with E-state index >= 15 is 0 Å². The van der Waals surface area contributed by atoms with Gasteiger partial charge in [-0.25, -0.2) is 0 Å². The Hall–Kier alpha value is -3.13. The number of rotatable bonds is 7. The molecule has 1 unspecified atom stereocenters. The van der Waals surface area contributed by atoms with Gasteiger partial charge in [0.25, 0.3) is 0 Å². The minimum Gasteiger partial charge on any atom is -0.368 e. The number of thioether (sulfide) groups is 1. The van der Waals surface area contributed by atoms with Gasteiger partial charge in [0.15, 0.2) is 10.9 Å². The van der Waals surface area contributed by atoms with Crippen LogP contribution in [0.5, 0.6) is 0 Å². The lowest BCUT2D eigenvalue weighted by Gasteiger charge is -2.16. The van der Waals surface area contributed by atoms with Crippen molar-refractivity contribution in [1.29, 1.82) is 0 Å². The molecule has 1 heterocycles. The largest absolute Gasteiger partial charge is 0.368 e. The molecule has 0 aliphatic rings. The maximum Gasteiger partial charge on any atom is 0.247 e. The van der Waals surface area contributed by atoms with Crippen molar-refractivity contribution in [3.63, 3.8) is 0 Å². The third-order valence-corrected chi connectivity index (χ3v) is 5.22. The molecule has 28 heavy (non-hydrogen) atoms. The SMILES string of the molecule is CC(=O)c1cccc(NC(=O)C(C)n2c(N)nnc2SCc2ccccc2)c1. The van der Waals surface area contributed by atoms with Crippen LogP contribution in [0.2, 0.25) is 0 Å². The molecule has 3 aromatic rings. The topological polar surface area (TPSA) is 103 Å². The van der Waals surface area contributed by atoms with Crippen molar-refractivity contribution in [3.05, 3.63) is 65.7 Å². The lowest BCUT2D eigenvalue weighted by molar-refractivity contribution is -0.118. The zero-order valence-corrected chi connectivity index (χ0v) is 16.4. The van der Waals surface area contributed by atoms with Gasteiger partial charge >= 0.3 is 0 Å². The molecule has 3 rings (SSSR count). The molecule has 0 aliphatic carbocycles. The second kappa shape index (κ2) is 8.71. The molecule has 1 aromatic heterocycles. The van der Waals surface area contributed by atoms with E-state index in [2.05, 4.69) is 15.5 Å². The van der Waals surface area contributed by atoms with Gasteiger partial charge < -0.3 is 11.1 Å². The molecule has 7 nitrogen and oxygen atoms in total. The van der Waals surface area contributed by atoms with Gasteiger partial charge in [-0.2, -0.15) is 0 Å². The fraction of sp³-hybridized carbons (Fsp3) is 0.200. The number of nitrogens with zero attached hydrogens (tertiary/aromatic N) is 3. The molecule has 0 fully saturated rings. The van der Waals surface area contributed by atoms with E-state index in [1.54, 1.807) is 35.8 Å². The summed E-state index contributed by atoms with van der Waals surface area (Å²) in [6, 6.07) is 16.1. The van der Waals surface area contributed by atoms with Crippen molar-refractivity contribution in [1.82, 2.24) is 14.8 Å². The zero-order chi connectivity index (χ0) is 20.1. The molecule has 144 valence electrons. The average Bonchev–Trinajstić information content (AvgIpc) is 3.07. The average molecular weight is 395 g/mol. The van der Waals surface area contributed by atoms with Crippen LogP contribution in [0.4, 0.5) is 11.6 Å². The molecule has 0 radical (unpaired) electrons. The number of nitrogens with two attached hydrogens (primary N) is 1. The number of Topliss-reactive ketones (excluding diaryl/α,β-unsaturated/α-hetero) is 1. The van der Waals surface area contributed by atoms with E-state index in [9.17, 15) is 9.59 Å². The Morgan fingerprint density at radius 1 is 1.14 bits per heavy atom. The Morgan fingerprint density at radius 3 is 2.61 bits per heavy atom. The Kier molecular flexibility index (Phi) is 6.10. The van der Waals surface area contributed by atoms with Gasteiger partial charge in [0.2, 0.25) is 11.9 Å². The quantitative estimate of drug-likeness (QED) is 0.468. The summed E-state index contributed by atoms with van der Waals surface area (Å²) in [4.78, 5) is 24.3. The number of hydrogen-bond donors (Lipinski definition) is 2. The van der Waals surface area contributed by atoms with Crippen LogP contribution < -0.4 is 11.1 Å². The second-order valence-electron chi connectivity index (χ2n) is 6.29. The standard InChI is InChI=1S/C20H21N5O2S/c1-13(18(27)22-17-10-6-9-16(11-17)14(2)26)25-19(21)23-24-20(25)28-12-15-7-4-3-5-8-15/h3-11,13H,12H2,1-2H3,(H2,21,23)(H,22,27). The highest BCUT2D eigenvalue weighted by Crippen LogP contribution is 2.26. The number of carbonyl (C=O) groups excluding carboxylic acids is 2. The first-order valence-electron chi connectivity index (χ1n) is 8.74. The number of amides is 1. The van der Waals surface area contributed by atoms with E-state index in [0.717, 1.165) is 5.56 Å². The second-order valence-corrected chi connectivity index (χ2v) is 7.23. The van der Waals surface area contributed by atoms with E-state index in [4.69, 9.17) is 5.73 Å². The molecule has 0 saturated heterocycles. The first-order chi connectivity index (χ1) is 13.5. The number of ketones is 1. The summed E-state index contributed by atoms with van der Waals surface area (Å²) in [5.74, 6) is 0.532. The Balaban J connectivity index is 1.73. The summed E-state index contributed by atoms with van der Waals surface area (Å²) >= 11 is 1.46. The van der Waals surface area contributed by atoms with Crippen LogP contribution in [0.3, 0.4) is 0 Å². The van der Waals surface area contributed by atoms with E-state index in [0.29, 0.717) is 22.2 Å². The van der Waals surface area contributed by atoms with Crippen LogP contribution in [0.25, 0.3) is 0 Å². The van der Waals surface area contributed by atoms with Crippen LogP contribution in [-0.2, 0) is 10.5 Å². The monoisotopic (exact) mass is 395 g/mol. The maximum atomic E-state index is 12.7. The van der Waals surface area contributed by atoms with Gasteiger partial charge in [-0.3, -0.25) is 14.2 Å². The van der Waals surface area contributed by atoms with Gasteiger partial charge in [-0.15, -0.1) is 10.2 Å². The lowest BCUT2D eigenvalue weighted by Crippen LogP contribution is -2.25. The van der Waals surface area contributed by atoms with Crippen molar-refractivity contribution >= 4 is 35.1 Å². The summed E-state index contributed by atoms with van der Waals surface area (Å²) in [6.07, 6.45) is 0. The normalized spacial score (nSPS) is 11.8. The first kappa shape index (κ1) is 19.6. The van der Waals surface area contributed by atoms with Crippen molar-refractivity contribution in [3.8, 4) is 0 Å². The minimum atomic E-state index is -0.616. The third kappa shape index (κ3) is 4.58. The maximum absolute atomic E-state index is 12.7. The zero-order valence-electron chi connectivity index (χ0n) is 15.6. The van der Waals surface area contributed by atoms with Crippen LogP contribution >= 0.6 is 11.8 Å². The summed E-state index contributed by atoms with van der Waals surface area (Å²) in [6.45, 7) is 3.22. The molecule has 1 atom stereocenters. The van der Waals surface area contributed by atoms with Crippen LogP contribution in [-0.4, -0.2) is 26.5 Å². The number of aromatic nitrogens is 3. The van der Waals surface area contributed by atoms with Gasteiger partial charge in [0.05, 0.1) is 0 Å². The molecule has 0 bridgehead atoms. The van der Waals surface area contributed by atoms with E-state index in [1.165, 1.54) is 18.7 Å². The van der Waals surface area contributed by atoms with E-state index in [-0.39, 0.29) is 17.6 Å². The summed E-state index contributed by atoms with van der Waals surface area (Å²) in [5, 5.41) is 11.4. The van der Waals surface area contributed by atoms with Crippen LogP contribution in [0, 0.1) is 0 Å². The van der Waals surface area contributed by atoms with Gasteiger partial charge in [0.1, 0.15) is 6.04 Å². The lowest BCUT2D eigenvalue weighted by atomic mass is 10.1. The molecule has 8 heteroatoms. The van der Waals surface area contributed by atoms with Gasteiger partial charge in [-0.1, -0.05) is 54.2 Å².